The Morgan fingerprint density at radius 2 is 2.14 bits per heavy atom. The molecule has 2 aromatic heterocycles. The lowest BCUT2D eigenvalue weighted by Gasteiger charge is -2.35. The number of aromatic nitrogens is 2. The predicted molar refractivity (Wildman–Crippen MR) is 111 cm³/mol. The molecule has 1 unspecified atom stereocenters. The van der Waals surface area contributed by atoms with Gasteiger partial charge in [-0.15, -0.1) is 11.3 Å². The molecule has 6 nitrogen and oxygen atoms in total. The van der Waals surface area contributed by atoms with Gasteiger partial charge in [-0.1, -0.05) is 0 Å². The van der Waals surface area contributed by atoms with Crippen LogP contribution in [-0.4, -0.2) is 60.7 Å². The van der Waals surface area contributed by atoms with Crippen molar-refractivity contribution in [1.82, 2.24) is 14.9 Å². The first kappa shape index (κ1) is 18.3. The fourth-order valence-electron chi connectivity index (χ4n) is 5.00. The number of carbonyl (C=O) groups is 1. The van der Waals surface area contributed by atoms with Crippen LogP contribution in [0.2, 0.25) is 0 Å². The van der Waals surface area contributed by atoms with Gasteiger partial charge in [-0.25, -0.2) is 9.97 Å². The number of hydrogen-bond acceptors (Lipinski definition) is 6. The number of ether oxygens (including phenoxy) is 1. The highest BCUT2D eigenvalue weighted by Crippen LogP contribution is 2.40. The van der Waals surface area contributed by atoms with Crippen LogP contribution in [0, 0.1) is 11.8 Å². The van der Waals surface area contributed by atoms with E-state index in [-0.39, 0.29) is 11.8 Å². The summed E-state index contributed by atoms with van der Waals surface area (Å²) >= 11 is 1.86. The molecule has 1 atom stereocenters. The van der Waals surface area contributed by atoms with Crippen LogP contribution in [0.4, 0.5) is 5.82 Å². The van der Waals surface area contributed by atoms with E-state index in [0.717, 1.165) is 56.2 Å². The first-order valence-corrected chi connectivity index (χ1v) is 11.3. The Kier molecular flexibility index (Phi) is 4.97. The standard InChI is InChI=1S/C21H28N4O2S/c1-24(21(26)15-7-10-27-12-15)11-14-5-8-25(9-6-14)19-18-16-3-2-4-17(16)28-20(18)23-13-22-19/h13-15H,2-12H2,1H3. The molecule has 1 aliphatic carbocycles. The summed E-state index contributed by atoms with van der Waals surface area (Å²) in [4.78, 5) is 28.8. The molecule has 0 saturated carbocycles. The summed E-state index contributed by atoms with van der Waals surface area (Å²) in [7, 11) is 1.95. The van der Waals surface area contributed by atoms with Crippen molar-refractivity contribution in [2.24, 2.45) is 11.8 Å². The second kappa shape index (κ2) is 7.59. The van der Waals surface area contributed by atoms with Gasteiger partial charge >= 0.3 is 0 Å². The van der Waals surface area contributed by atoms with E-state index in [1.165, 1.54) is 35.1 Å². The molecular formula is C21H28N4O2S. The lowest BCUT2D eigenvalue weighted by atomic mass is 9.95. The number of carbonyl (C=O) groups excluding carboxylic acids is 1. The average Bonchev–Trinajstić information content (AvgIpc) is 3.45. The molecule has 2 fully saturated rings. The van der Waals surface area contributed by atoms with Crippen LogP contribution in [0.3, 0.4) is 0 Å². The lowest BCUT2D eigenvalue weighted by molar-refractivity contribution is -0.134. The van der Waals surface area contributed by atoms with E-state index in [9.17, 15) is 4.79 Å². The van der Waals surface area contributed by atoms with Crippen molar-refractivity contribution in [2.45, 2.75) is 38.5 Å². The quantitative estimate of drug-likeness (QED) is 0.790. The van der Waals surface area contributed by atoms with Crippen LogP contribution in [0.5, 0.6) is 0 Å². The fourth-order valence-corrected chi connectivity index (χ4v) is 6.22. The van der Waals surface area contributed by atoms with Gasteiger partial charge in [0.25, 0.3) is 0 Å². The van der Waals surface area contributed by atoms with Gasteiger partial charge in [0.15, 0.2) is 0 Å². The van der Waals surface area contributed by atoms with Crippen LogP contribution < -0.4 is 4.90 Å². The van der Waals surface area contributed by atoms with E-state index >= 15 is 0 Å². The number of amides is 1. The van der Waals surface area contributed by atoms with Crippen LogP contribution in [-0.2, 0) is 22.4 Å². The van der Waals surface area contributed by atoms with E-state index < -0.39 is 0 Å². The van der Waals surface area contributed by atoms with E-state index in [2.05, 4.69) is 14.9 Å². The number of anilines is 1. The second-order valence-corrected chi connectivity index (χ2v) is 9.53. The molecule has 1 amide bonds. The van der Waals surface area contributed by atoms with Crippen molar-refractivity contribution in [3.05, 3.63) is 16.8 Å². The van der Waals surface area contributed by atoms with E-state index in [1.54, 1.807) is 6.33 Å². The van der Waals surface area contributed by atoms with Crippen LogP contribution in [0.1, 0.15) is 36.1 Å². The third-order valence-electron chi connectivity index (χ3n) is 6.58. The van der Waals surface area contributed by atoms with Crippen molar-refractivity contribution in [3.8, 4) is 0 Å². The summed E-state index contributed by atoms with van der Waals surface area (Å²) in [6.45, 7) is 4.20. The van der Waals surface area contributed by atoms with Gasteiger partial charge in [-0.2, -0.15) is 0 Å². The Morgan fingerprint density at radius 3 is 2.93 bits per heavy atom. The second-order valence-electron chi connectivity index (χ2n) is 8.44. The van der Waals surface area contributed by atoms with E-state index in [4.69, 9.17) is 4.74 Å². The molecule has 0 spiro atoms. The minimum absolute atomic E-state index is 0.0695. The first-order chi connectivity index (χ1) is 13.7. The number of nitrogens with zero attached hydrogens (tertiary/aromatic N) is 4. The van der Waals surface area contributed by atoms with Gasteiger partial charge in [-0.05, 0) is 50.0 Å². The third-order valence-corrected chi connectivity index (χ3v) is 7.78. The summed E-state index contributed by atoms with van der Waals surface area (Å²) in [5, 5.41) is 1.31. The smallest absolute Gasteiger partial charge is 0.227 e. The normalized spacial score (nSPS) is 22.8. The lowest BCUT2D eigenvalue weighted by Crippen LogP contribution is -2.41. The third kappa shape index (κ3) is 3.28. The highest BCUT2D eigenvalue weighted by atomic mass is 32.1. The summed E-state index contributed by atoms with van der Waals surface area (Å²) in [5.74, 6) is 2.03. The molecule has 2 aliphatic heterocycles. The molecule has 2 saturated heterocycles. The molecule has 5 rings (SSSR count). The van der Waals surface area contributed by atoms with Gasteiger partial charge in [-0.3, -0.25) is 4.79 Å². The molecule has 28 heavy (non-hydrogen) atoms. The number of thiophene rings is 1. The number of aryl methyl sites for hydroxylation is 2. The highest BCUT2D eigenvalue weighted by molar-refractivity contribution is 7.19. The molecule has 3 aliphatic rings. The zero-order chi connectivity index (χ0) is 19.1. The van der Waals surface area contributed by atoms with Crippen molar-refractivity contribution < 1.29 is 9.53 Å². The Bertz CT molecular complexity index is 869. The molecule has 0 N–H and O–H groups in total. The largest absolute Gasteiger partial charge is 0.381 e. The van der Waals surface area contributed by atoms with Crippen LogP contribution in [0.25, 0.3) is 10.2 Å². The minimum atomic E-state index is 0.0695. The zero-order valence-electron chi connectivity index (χ0n) is 16.5. The fraction of sp³-hybridized carbons (Fsp3) is 0.667. The van der Waals surface area contributed by atoms with Gasteiger partial charge in [0.2, 0.25) is 5.91 Å². The average molecular weight is 401 g/mol. The molecule has 7 heteroatoms. The molecule has 0 aromatic carbocycles. The van der Waals surface area contributed by atoms with Crippen molar-refractivity contribution in [3.63, 3.8) is 0 Å². The van der Waals surface area contributed by atoms with Crippen LogP contribution in [0.15, 0.2) is 6.33 Å². The molecule has 4 heterocycles. The Hall–Kier alpha value is -1.73. The number of piperidine rings is 1. The van der Waals surface area contributed by atoms with Crippen molar-refractivity contribution in [1.29, 1.82) is 0 Å². The first-order valence-electron chi connectivity index (χ1n) is 10.5. The summed E-state index contributed by atoms with van der Waals surface area (Å²) in [6, 6.07) is 0. The number of hydrogen-bond donors (Lipinski definition) is 0. The topological polar surface area (TPSA) is 58.6 Å². The van der Waals surface area contributed by atoms with Gasteiger partial charge < -0.3 is 14.5 Å². The molecule has 0 radical (unpaired) electrons. The summed E-state index contributed by atoms with van der Waals surface area (Å²) in [5.41, 5.74) is 1.50. The summed E-state index contributed by atoms with van der Waals surface area (Å²) in [6.07, 6.45) is 8.45. The summed E-state index contributed by atoms with van der Waals surface area (Å²) < 4.78 is 5.38. The van der Waals surface area contributed by atoms with Gasteiger partial charge in [0, 0.05) is 38.2 Å². The van der Waals surface area contributed by atoms with Crippen molar-refractivity contribution >= 4 is 33.3 Å². The maximum atomic E-state index is 12.5. The van der Waals surface area contributed by atoms with E-state index in [1.807, 2.05) is 23.3 Å². The Labute approximate surface area is 169 Å². The predicted octanol–water partition coefficient (Wildman–Crippen LogP) is 2.89. The molecule has 0 bridgehead atoms. The minimum Gasteiger partial charge on any atom is -0.381 e. The van der Waals surface area contributed by atoms with E-state index in [0.29, 0.717) is 12.5 Å². The number of fused-ring (bicyclic) bond motifs is 3. The molecule has 2 aromatic rings. The SMILES string of the molecule is CN(CC1CCN(c2ncnc3sc4c(c23)CCC4)CC1)C(=O)C1CCOC1. The van der Waals surface area contributed by atoms with Gasteiger partial charge in [0.1, 0.15) is 17.0 Å². The van der Waals surface area contributed by atoms with Gasteiger partial charge in [0.05, 0.1) is 17.9 Å². The van der Waals surface area contributed by atoms with Crippen LogP contribution >= 0.6 is 11.3 Å². The Morgan fingerprint density at radius 1 is 1.29 bits per heavy atom. The maximum Gasteiger partial charge on any atom is 0.227 e. The Balaban J connectivity index is 1.24. The zero-order valence-corrected chi connectivity index (χ0v) is 17.3. The monoisotopic (exact) mass is 400 g/mol. The molecular weight excluding hydrogens is 372 g/mol. The molecule has 150 valence electrons. The van der Waals surface area contributed by atoms with Crippen molar-refractivity contribution in [2.75, 3.05) is 44.8 Å². The maximum absolute atomic E-state index is 12.5. The highest BCUT2D eigenvalue weighted by Gasteiger charge is 2.30. The number of rotatable bonds is 4.